The molecule has 2 saturated heterocycles. The van der Waals surface area contributed by atoms with Gasteiger partial charge in [-0.1, -0.05) is 68.0 Å². The third kappa shape index (κ3) is 4.81. The van der Waals surface area contributed by atoms with Gasteiger partial charge in [0.1, 0.15) is 6.04 Å². The third-order valence-electron chi connectivity index (χ3n) is 8.38. The van der Waals surface area contributed by atoms with Gasteiger partial charge in [-0.25, -0.2) is 0 Å². The molecule has 0 bridgehead atoms. The minimum atomic E-state index is -0.753. The number of aliphatic hydroxyl groups excluding tert-OH is 1. The van der Waals surface area contributed by atoms with E-state index in [1.54, 1.807) is 16.7 Å². The topological polar surface area (TPSA) is 81.2 Å². The van der Waals surface area contributed by atoms with E-state index in [-0.39, 0.29) is 29.6 Å². The van der Waals surface area contributed by atoms with Crippen molar-refractivity contribution in [2.75, 3.05) is 32.8 Å². The summed E-state index contributed by atoms with van der Waals surface area (Å²) in [4.78, 5) is 48.0. The highest BCUT2D eigenvalue weighted by atomic mass is 32.2. The number of hydrogen-bond acceptors (Lipinski definition) is 5. The molecule has 2 fully saturated rings. The Balaban J connectivity index is 1.49. The fourth-order valence-electron chi connectivity index (χ4n) is 6.54. The first-order chi connectivity index (χ1) is 18.5. The van der Waals surface area contributed by atoms with Crippen LogP contribution in [0.4, 0.5) is 0 Å². The van der Waals surface area contributed by atoms with Gasteiger partial charge >= 0.3 is 0 Å². The maximum atomic E-state index is 14.2. The molecule has 5 rings (SSSR count). The number of thioether (sulfide) groups is 1. The molecule has 8 heteroatoms. The second-order valence-corrected chi connectivity index (χ2v) is 12.3. The lowest BCUT2D eigenvalue weighted by Crippen LogP contribution is -2.53. The zero-order chi connectivity index (χ0) is 26.7. The molecule has 5 atom stereocenters. The Kier molecular flexibility index (Phi) is 8.29. The van der Waals surface area contributed by atoms with E-state index in [1.807, 2.05) is 40.1 Å². The normalized spacial score (nSPS) is 30.4. The van der Waals surface area contributed by atoms with Crippen molar-refractivity contribution in [3.63, 3.8) is 0 Å². The van der Waals surface area contributed by atoms with E-state index in [4.69, 9.17) is 0 Å². The lowest BCUT2D eigenvalue weighted by molar-refractivity contribution is -0.144. The first kappa shape index (κ1) is 27.0. The number of carbonyl (C=O) groups excluding carboxylic acids is 3. The number of aliphatic hydroxyl groups is 1. The number of carbonyl (C=O) groups is 3. The van der Waals surface area contributed by atoms with Crippen LogP contribution >= 0.6 is 11.8 Å². The largest absolute Gasteiger partial charge is 0.396 e. The van der Waals surface area contributed by atoms with E-state index in [0.29, 0.717) is 39.1 Å². The molecule has 4 aliphatic rings. The van der Waals surface area contributed by atoms with Crippen LogP contribution in [0.5, 0.6) is 0 Å². The molecule has 0 radical (unpaired) electrons. The SMILES string of the molecule is CCCCN1CC=C[C@]23S[C@@H]4C=CCN(Cc5ccccc5)C(=O)[C@@H]4[C@H]2C(=O)N(CCCCCO)C3C1=O. The summed E-state index contributed by atoms with van der Waals surface area (Å²) in [7, 11) is 0. The number of nitrogens with zero attached hydrogens (tertiary/aromatic N) is 3. The minimum Gasteiger partial charge on any atom is -0.396 e. The molecule has 7 nitrogen and oxygen atoms in total. The molecule has 204 valence electrons. The highest BCUT2D eigenvalue weighted by Gasteiger charge is 2.70. The van der Waals surface area contributed by atoms with Crippen molar-refractivity contribution in [2.45, 2.75) is 61.6 Å². The van der Waals surface area contributed by atoms with Crippen LogP contribution in [0.3, 0.4) is 0 Å². The van der Waals surface area contributed by atoms with E-state index in [0.717, 1.165) is 31.2 Å². The lowest BCUT2D eigenvalue weighted by atomic mass is 9.78. The van der Waals surface area contributed by atoms with Gasteiger partial charge in [-0.15, -0.1) is 11.8 Å². The standard InChI is InChI=1S/C30H39N3O4S/c1-2-3-16-31-18-11-15-30-25(28(36)33(26(30)29(31)37)19-8-5-9-20-34)24-23(38-30)14-10-17-32(27(24)35)21-22-12-6-4-7-13-22/h4,6-7,10-15,23-26,34H,2-3,5,8-9,16-21H2,1H3/t23-,24+,25+,26?,30+/m1/s1. The molecule has 1 aromatic carbocycles. The van der Waals surface area contributed by atoms with Gasteiger partial charge in [0, 0.05) is 44.6 Å². The molecule has 1 unspecified atom stereocenters. The van der Waals surface area contributed by atoms with Crippen molar-refractivity contribution in [3.05, 3.63) is 60.2 Å². The molecular weight excluding hydrogens is 498 g/mol. The summed E-state index contributed by atoms with van der Waals surface area (Å²) in [6.07, 6.45) is 12.4. The first-order valence-electron chi connectivity index (χ1n) is 14.1. The van der Waals surface area contributed by atoms with Crippen molar-refractivity contribution in [1.82, 2.24) is 14.7 Å². The van der Waals surface area contributed by atoms with Gasteiger partial charge in [0.25, 0.3) is 0 Å². The highest BCUT2D eigenvalue weighted by molar-refractivity contribution is 8.02. The monoisotopic (exact) mass is 537 g/mol. The number of benzene rings is 1. The van der Waals surface area contributed by atoms with Gasteiger partial charge in [-0.2, -0.15) is 0 Å². The van der Waals surface area contributed by atoms with Gasteiger partial charge in [-0.05, 0) is 31.2 Å². The number of hydrogen-bond donors (Lipinski definition) is 1. The van der Waals surface area contributed by atoms with Crippen LogP contribution in [0.25, 0.3) is 0 Å². The second kappa shape index (κ2) is 11.7. The van der Waals surface area contributed by atoms with Crippen LogP contribution in [0.1, 0.15) is 44.6 Å². The highest BCUT2D eigenvalue weighted by Crippen LogP contribution is 2.61. The molecular formula is C30H39N3O4S. The smallest absolute Gasteiger partial charge is 0.247 e. The summed E-state index contributed by atoms with van der Waals surface area (Å²) in [5.74, 6) is -1.14. The molecule has 0 saturated carbocycles. The Labute approximate surface area is 229 Å². The fourth-order valence-corrected chi connectivity index (χ4v) is 8.55. The number of unbranched alkanes of at least 4 members (excludes halogenated alkanes) is 3. The summed E-state index contributed by atoms with van der Waals surface area (Å²) in [5.41, 5.74) is 1.06. The maximum absolute atomic E-state index is 14.2. The summed E-state index contributed by atoms with van der Waals surface area (Å²) in [6, 6.07) is 9.35. The Hall–Kier alpha value is -2.58. The molecule has 1 aromatic rings. The molecule has 1 spiro atoms. The number of rotatable bonds is 10. The second-order valence-electron chi connectivity index (χ2n) is 10.8. The van der Waals surface area contributed by atoms with Gasteiger partial charge in [-0.3, -0.25) is 14.4 Å². The summed E-state index contributed by atoms with van der Waals surface area (Å²) in [6.45, 7) is 4.93. The Bertz CT molecular complexity index is 1090. The number of fused-ring (bicyclic) bond motifs is 2. The predicted molar refractivity (Wildman–Crippen MR) is 149 cm³/mol. The van der Waals surface area contributed by atoms with Crippen molar-refractivity contribution in [2.24, 2.45) is 11.8 Å². The van der Waals surface area contributed by atoms with Crippen LogP contribution < -0.4 is 0 Å². The van der Waals surface area contributed by atoms with E-state index in [2.05, 4.69) is 31.2 Å². The van der Waals surface area contributed by atoms with Gasteiger partial charge in [0.2, 0.25) is 17.7 Å². The van der Waals surface area contributed by atoms with E-state index in [1.165, 1.54) is 0 Å². The summed E-state index contributed by atoms with van der Waals surface area (Å²) >= 11 is 1.65. The number of likely N-dealkylation sites (tertiary alicyclic amines) is 1. The Morgan fingerprint density at radius 1 is 0.921 bits per heavy atom. The van der Waals surface area contributed by atoms with Crippen molar-refractivity contribution >= 4 is 29.5 Å². The van der Waals surface area contributed by atoms with Crippen molar-refractivity contribution in [1.29, 1.82) is 0 Å². The Morgan fingerprint density at radius 3 is 2.47 bits per heavy atom. The van der Waals surface area contributed by atoms with Crippen LogP contribution in [-0.2, 0) is 20.9 Å². The van der Waals surface area contributed by atoms with E-state index in [9.17, 15) is 19.5 Å². The molecule has 38 heavy (non-hydrogen) atoms. The zero-order valence-corrected chi connectivity index (χ0v) is 23.0. The van der Waals surface area contributed by atoms with Crippen LogP contribution in [0, 0.1) is 11.8 Å². The average molecular weight is 538 g/mol. The van der Waals surface area contributed by atoms with Gasteiger partial charge < -0.3 is 19.8 Å². The Morgan fingerprint density at radius 2 is 1.71 bits per heavy atom. The molecule has 4 aliphatic heterocycles. The van der Waals surface area contributed by atoms with Crippen molar-refractivity contribution < 1.29 is 19.5 Å². The fraction of sp³-hybridized carbons (Fsp3) is 0.567. The number of amides is 3. The van der Waals surface area contributed by atoms with Gasteiger partial charge in [0.05, 0.1) is 16.6 Å². The molecule has 4 heterocycles. The summed E-state index contributed by atoms with van der Waals surface area (Å²) in [5, 5.41) is 9.09. The van der Waals surface area contributed by atoms with Crippen molar-refractivity contribution in [3.8, 4) is 0 Å². The first-order valence-corrected chi connectivity index (χ1v) is 14.9. The molecule has 1 N–H and O–H groups in total. The van der Waals surface area contributed by atoms with Crippen LogP contribution in [-0.4, -0.2) is 86.4 Å². The van der Waals surface area contributed by atoms with Crippen LogP contribution in [0.2, 0.25) is 0 Å². The minimum absolute atomic E-state index is 0.000364. The van der Waals surface area contributed by atoms with Gasteiger partial charge in [0.15, 0.2) is 0 Å². The average Bonchev–Trinajstić information content (AvgIpc) is 3.24. The summed E-state index contributed by atoms with van der Waals surface area (Å²) < 4.78 is -0.753. The van der Waals surface area contributed by atoms with E-state index >= 15 is 0 Å². The lowest BCUT2D eigenvalue weighted by Gasteiger charge is -2.35. The van der Waals surface area contributed by atoms with Crippen LogP contribution in [0.15, 0.2) is 54.6 Å². The van der Waals surface area contributed by atoms with E-state index < -0.39 is 22.6 Å². The zero-order valence-electron chi connectivity index (χ0n) is 22.2. The quantitative estimate of drug-likeness (QED) is 0.366. The third-order valence-corrected chi connectivity index (χ3v) is 10.1. The molecule has 3 amide bonds. The predicted octanol–water partition coefficient (Wildman–Crippen LogP) is 3.24. The molecule has 0 aromatic heterocycles. The molecule has 0 aliphatic carbocycles. The maximum Gasteiger partial charge on any atom is 0.247 e.